The number of carbonyl (C=O) groups excluding carboxylic acids is 2. The number of hydrogen-bond acceptors (Lipinski definition) is 7. The molecule has 2 aliphatic rings. The molecule has 2 aliphatic heterocycles. The molecule has 1 aromatic heterocycles. The zero-order chi connectivity index (χ0) is 23.2. The van der Waals surface area contributed by atoms with E-state index in [0.29, 0.717) is 50.8 Å². The van der Waals surface area contributed by atoms with Crippen LogP contribution >= 0.6 is 0 Å². The number of nitrogens with zero attached hydrogens (tertiary/aromatic N) is 4. The molecule has 0 aliphatic carbocycles. The number of carbonyl (C=O) groups is 2. The molecule has 1 saturated heterocycles. The first kappa shape index (κ1) is 22.9. The maximum atomic E-state index is 12.4. The number of methoxy groups -OCH3 is 1. The van der Waals surface area contributed by atoms with Crippen molar-refractivity contribution in [1.29, 1.82) is 0 Å². The molecule has 3 heterocycles. The lowest BCUT2D eigenvalue weighted by atomic mass is 10.0. The minimum atomic E-state index is -0.245. The highest BCUT2D eigenvalue weighted by Gasteiger charge is 2.28. The Labute approximate surface area is 193 Å². The van der Waals surface area contributed by atoms with Gasteiger partial charge in [-0.05, 0) is 37.6 Å². The van der Waals surface area contributed by atoms with Gasteiger partial charge in [-0.25, -0.2) is 14.8 Å². The second kappa shape index (κ2) is 10.6. The molecular weight excluding hydrogens is 424 g/mol. The molecule has 0 saturated carbocycles. The van der Waals surface area contributed by atoms with Gasteiger partial charge in [0.05, 0.1) is 25.5 Å². The van der Waals surface area contributed by atoms with Gasteiger partial charge in [0, 0.05) is 50.1 Å². The molecule has 2 aromatic rings. The molecule has 0 bridgehead atoms. The Morgan fingerprint density at radius 2 is 1.88 bits per heavy atom. The van der Waals surface area contributed by atoms with Crippen LogP contribution in [0.25, 0.3) is 11.4 Å². The molecule has 0 unspecified atom stereocenters. The summed E-state index contributed by atoms with van der Waals surface area (Å²) in [6.07, 6.45) is 0.702. The summed E-state index contributed by atoms with van der Waals surface area (Å²) in [5, 5.41) is 5.50. The van der Waals surface area contributed by atoms with Gasteiger partial charge in [0.15, 0.2) is 5.82 Å². The van der Waals surface area contributed by atoms with Crippen LogP contribution in [0.1, 0.15) is 18.2 Å². The molecule has 4 rings (SSSR count). The summed E-state index contributed by atoms with van der Waals surface area (Å²) in [6.45, 7) is 6.39. The number of ether oxygens (including phenoxy) is 2. The molecule has 3 amide bonds. The average Bonchev–Trinajstić information content (AvgIpc) is 2.84. The molecule has 2 N–H and O–H groups in total. The van der Waals surface area contributed by atoms with E-state index >= 15 is 0 Å². The summed E-state index contributed by atoms with van der Waals surface area (Å²) in [5.41, 5.74) is 3.49. The van der Waals surface area contributed by atoms with Gasteiger partial charge in [0.25, 0.3) is 0 Å². The van der Waals surface area contributed by atoms with Crippen LogP contribution in [0.4, 0.5) is 16.3 Å². The molecular formula is C23H30N6O4. The summed E-state index contributed by atoms with van der Waals surface area (Å²) in [6, 6.07) is 7.20. The molecule has 1 fully saturated rings. The number of anilines is 2. The van der Waals surface area contributed by atoms with Crippen molar-refractivity contribution in [3.05, 3.63) is 35.5 Å². The van der Waals surface area contributed by atoms with Crippen molar-refractivity contribution in [3.8, 4) is 11.4 Å². The quantitative estimate of drug-likeness (QED) is 0.683. The average molecular weight is 455 g/mol. The van der Waals surface area contributed by atoms with Gasteiger partial charge in [-0.1, -0.05) is 0 Å². The van der Waals surface area contributed by atoms with E-state index in [0.717, 1.165) is 35.7 Å². The van der Waals surface area contributed by atoms with Crippen molar-refractivity contribution >= 4 is 23.4 Å². The normalized spacial score (nSPS) is 15.7. The molecule has 1 aromatic carbocycles. The number of amides is 3. The molecule has 0 radical (unpaired) electrons. The monoisotopic (exact) mass is 454 g/mol. The molecule has 33 heavy (non-hydrogen) atoms. The minimum Gasteiger partial charge on any atom is -0.378 e. The van der Waals surface area contributed by atoms with Gasteiger partial charge >= 0.3 is 6.03 Å². The zero-order valence-electron chi connectivity index (χ0n) is 19.1. The summed E-state index contributed by atoms with van der Waals surface area (Å²) in [4.78, 5) is 38.0. The highest BCUT2D eigenvalue weighted by molar-refractivity contribution is 5.89. The van der Waals surface area contributed by atoms with Crippen molar-refractivity contribution in [3.63, 3.8) is 0 Å². The summed E-state index contributed by atoms with van der Waals surface area (Å²) in [7, 11) is 1.52. The lowest BCUT2D eigenvalue weighted by Crippen LogP contribution is -2.41. The Bertz CT molecular complexity index is 991. The Morgan fingerprint density at radius 3 is 2.58 bits per heavy atom. The van der Waals surface area contributed by atoms with E-state index in [4.69, 9.17) is 19.4 Å². The second-order valence-corrected chi connectivity index (χ2v) is 7.96. The molecule has 10 nitrogen and oxygen atoms in total. The van der Waals surface area contributed by atoms with Gasteiger partial charge < -0.3 is 29.9 Å². The fourth-order valence-corrected chi connectivity index (χ4v) is 4.04. The largest absolute Gasteiger partial charge is 0.378 e. The second-order valence-electron chi connectivity index (χ2n) is 7.96. The van der Waals surface area contributed by atoms with Crippen molar-refractivity contribution < 1.29 is 19.1 Å². The number of benzene rings is 1. The SMILES string of the molecule is CCNC(=O)Nc1ccc(-c2nc3c(c(N4CCOCC4)n2)CCN(C(=O)COC)C3)cc1. The standard InChI is InChI=1S/C23H30N6O4/c1-3-24-23(31)25-17-6-4-16(5-7-17)21-26-19-14-29(20(30)15-32-2)9-8-18(19)22(27-21)28-10-12-33-13-11-28/h4-7H,3,8-15H2,1-2H3,(H2,24,25,31). The Balaban J connectivity index is 1.64. The fraction of sp³-hybridized carbons (Fsp3) is 0.478. The number of morpholine rings is 1. The van der Waals surface area contributed by atoms with Crippen molar-refractivity contribution in [2.45, 2.75) is 19.9 Å². The Hall–Kier alpha value is -3.24. The first-order chi connectivity index (χ1) is 16.1. The van der Waals surface area contributed by atoms with Crippen molar-refractivity contribution in [2.75, 3.05) is 63.3 Å². The van der Waals surface area contributed by atoms with Gasteiger partial charge in [-0.15, -0.1) is 0 Å². The lowest BCUT2D eigenvalue weighted by molar-refractivity contribution is -0.136. The van der Waals surface area contributed by atoms with E-state index in [1.807, 2.05) is 31.2 Å². The third-order valence-electron chi connectivity index (χ3n) is 5.71. The number of urea groups is 1. The van der Waals surface area contributed by atoms with Crippen LogP contribution in [0.2, 0.25) is 0 Å². The van der Waals surface area contributed by atoms with Crippen molar-refractivity contribution in [1.82, 2.24) is 20.2 Å². The van der Waals surface area contributed by atoms with Crippen LogP contribution in [-0.2, 0) is 27.2 Å². The highest BCUT2D eigenvalue weighted by Crippen LogP contribution is 2.30. The number of hydrogen-bond donors (Lipinski definition) is 2. The van der Waals surface area contributed by atoms with Crippen LogP contribution in [0.15, 0.2) is 24.3 Å². The summed E-state index contributed by atoms with van der Waals surface area (Å²) < 4.78 is 10.6. The topological polar surface area (TPSA) is 109 Å². The van der Waals surface area contributed by atoms with E-state index in [2.05, 4.69) is 15.5 Å². The van der Waals surface area contributed by atoms with E-state index < -0.39 is 0 Å². The zero-order valence-corrected chi connectivity index (χ0v) is 19.1. The number of nitrogens with one attached hydrogen (secondary N) is 2. The van der Waals surface area contributed by atoms with Crippen LogP contribution in [0, 0.1) is 0 Å². The predicted octanol–water partition coefficient (Wildman–Crippen LogP) is 1.65. The maximum absolute atomic E-state index is 12.4. The van der Waals surface area contributed by atoms with E-state index in [9.17, 15) is 9.59 Å². The third-order valence-corrected chi connectivity index (χ3v) is 5.71. The number of rotatable bonds is 6. The van der Waals surface area contributed by atoms with Gasteiger partial charge in [0.1, 0.15) is 12.4 Å². The molecule has 0 spiro atoms. The minimum absolute atomic E-state index is 0.0444. The van der Waals surface area contributed by atoms with Crippen molar-refractivity contribution in [2.24, 2.45) is 0 Å². The molecule has 0 atom stereocenters. The van der Waals surface area contributed by atoms with Crippen LogP contribution in [0.3, 0.4) is 0 Å². The summed E-state index contributed by atoms with van der Waals surface area (Å²) in [5.74, 6) is 1.47. The summed E-state index contributed by atoms with van der Waals surface area (Å²) >= 11 is 0. The highest BCUT2D eigenvalue weighted by atomic mass is 16.5. The number of aromatic nitrogens is 2. The lowest BCUT2D eigenvalue weighted by Gasteiger charge is -2.34. The number of fused-ring (bicyclic) bond motifs is 1. The van der Waals surface area contributed by atoms with Crippen LogP contribution < -0.4 is 15.5 Å². The first-order valence-electron chi connectivity index (χ1n) is 11.2. The van der Waals surface area contributed by atoms with Gasteiger partial charge in [0.2, 0.25) is 5.91 Å². The third kappa shape index (κ3) is 5.40. The van der Waals surface area contributed by atoms with Gasteiger partial charge in [-0.2, -0.15) is 0 Å². The van der Waals surface area contributed by atoms with E-state index in [-0.39, 0.29) is 18.5 Å². The smallest absolute Gasteiger partial charge is 0.319 e. The van der Waals surface area contributed by atoms with E-state index in [1.165, 1.54) is 7.11 Å². The van der Waals surface area contributed by atoms with E-state index in [1.54, 1.807) is 4.90 Å². The van der Waals surface area contributed by atoms with Gasteiger partial charge in [-0.3, -0.25) is 4.79 Å². The Morgan fingerprint density at radius 1 is 1.12 bits per heavy atom. The first-order valence-corrected chi connectivity index (χ1v) is 11.2. The maximum Gasteiger partial charge on any atom is 0.319 e. The Kier molecular flexibility index (Phi) is 7.36. The van der Waals surface area contributed by atoms with Crippen LogP contribution in [0.5, 0.6) is 0 Å². The molecule has 176 valence electrons. The molecule has 10 heteroatoms. The van der Waals surface area contributed by atoms with Crippen LogP contribution in [-0.4, -0.2) is 79.9 Å². The predicted molar refractivity (Wildman–Crippen MR) is 124 cm³/mol. The fourth-order valence-electron chi connectivity index (χ4n) is 4.04.